The summed E-state index contributed by atoms with van der Waals surface area (Å²) in [6.45, 7) is -1.93. The van der Waals surface area contributed by atoms with Crippen LogP contribution in [0.15, 0.2) is 36.4 Å². The quantitative estimate of drug-likeness (QED) is 0.0929. The second-order valence-electron chi connectivity index (χ2n) is 11.0. The number of aromatic hydroxyl groups is 2. The van der Waals surface area contributed by atoms with E-state index in [2.05, 4.69) is 10.4 Å². The van der Waals surface area contributed by atoms with E-state index in [1.54, 1.807) is 12.1 Å². The fraction of sp³-hybridized carbons (Fsp3) is 0.310. The third-order valence-electron chi connectivity index (χ3n) is 8.34. The van der Waals surface area contributed by atoms with Gasteiger partial charge in [-0.05, 0) is 30.3 Å². The molecule has 1 saturated heterocycles. The first-order valence-electron chi connectivity index (χ1n) is 13.9. The number of nitrogens with one attached hydrogen (secondary N) is 2. The highest BCUT2D eigenvalue weighted by molar-refractivity contribution is 6.39. The Morgan fingerprint density at radius 1 is 0.911 bits per heavy atom. The van der Waals surface area contributed by atoms with Gasteiger partial charge in [-0.25, -0.2) is 10.4 Å². The summed E-state index contributed by atoms with van der Waals surface area (Å²) in [6, 6.07) is 7.62. The molecule has 10 N–H and O–H groups in total. The van der Waals surface area contributed by atoms with Crippen molar-refractivity contribution in [2.24, 2.45) is 0 Å². The van der Waals surface area contributed by atoms with Crippen LogP contribution in [0, 0.1) is 0 Å². The molecule has 0 radical (unpaired) electrons. The third-order valence-corrected chi connectivity index (χ3v) is 8.34. The minimum absolute atomic E-state index is 0.112. The van der Waals surface area contributed by atoms with Gasteiger partial charge >= 0.3 is 0 Å². The van der Waals surface area contributed by atoms with Crippen molar-refractivity contribution in [3.05, 3.63) is 47.5 Å². The second-order valence-corrected chi connectivity index (χ2v) is 11.0. The zero-order chi connectivity index (χ0) is 31.9. The molecular weight excluding hydrogens is 596 g/mol. The van der Waals surface area contributed by atoms with Crippen LogP contribution in [0.1, 0.15) is 20.7 Å². The van der Waals surface area contributed by atoms with Crippen LogP contribution in [0.2, 0.25) is 0 Å². The number of carbonyl (C=O) groups excluding carboxylic acids is 2. The summed E-state index contributed by atoms with van der Waals surface area (Å²) in [5.41, 5.74) is 3.18. The van der Waals surface area contributed by atoms with Gasteiger partial charge in [0.2, 0.25) is 0 Å². The van der Waals surface area contributed by atoms with E-state index in [9.17, 15) is 50.4 Å². The van der Waals surface area contributed by atoms with Gasteiger partial charge in [0.1, 0.15) is 41.4 Å². The van der Waals surface area contributed by atoms with Gasteiger partial charge in [-0.15, -0.1) is 0 Å². The monoisotopic (exact) mass is 624 g/mol. The summed E-state index contributed by atoms with van der Waals surface area (Å²) in [5, 5.41) is 83.2. The van der Waals surface area contributed by atoms with Crippen molar-refractivity contribution < 1.29 is 60.0 Å². The first-order chi connectivity index (χ1) is 21.6. The highest BCUT2D eigenvalue weighted by atomic mass is 16.8. The number of imide groups is 1. The Balaban J connectivity index is 1.58. The first kappa shape index (κ1) is 29.2. The largest absolute Gasteiger partial charge is 0.508 e. The fourth-order valence-corrected chi connectivity index (χ4v) is 6.19. The highest BCUT2D eigenvalue weighted by Gasteiger charge is 2.47. The van der Waals surface area contributed by atoms with Crippen LogP contribution in [0.5, 0.6) is 11.5 Å². The number of hydrogen-bond donors (Lipinski definition) is 10. The number of aromatic amines is 1. The van der Waals surface area contributed by atoms with Crippen LogP contribution < -0.4 is 10.3 Å². The zero-order valence-corrected chi connectivity index (χ0v) is 23.2. The van der Waals surface area contributed by atoms with E-state index < -0.39 is 68.4 Å². The number of fused-ring (bicyclic) bond motifs is 10. The fourth-order valence-electron chi connectivity index (χ4n) is 6.19. The number of phenolic OH excluding ortho intramolecular Hbond substituents is 2. The van der Waals surface area contributed by atoms with Crippen molar-refractivity contribution in [1.82, 2.24) is 20.1 Å². The molecule has 1 fully saturated rings. The van der Waals surface area contributed by atoms with Crippen LogP contribution in [-0.2, 0) is 4.74 Å². The molecule has 236 valence electrons. The van der Waals surface area contributed by atoms with Gasteiger partial charge in [0.15, 0.2) is 0 Å². The molecular formula is C29H28N4O12. The number of hydrazine groups is 1. The van der Waals surface area contributed by atoms with Crippen molar-refractivity contribution in [2.45, 2.75) is 36.7 Å². The molecule has 4 heterocycles. The van der Waals surface area contributed by atoms with Gasteiger partial charge in [0.05, 0.1) is 58.9 Å². The molecule has 45 heavy (non-hydrogen) atoms. The maximum absolute atomic E-state index is 14.1. The SMILES string of the molecule is O=C1c2c(c3c4cc(O)ccc4n(O[C@@H]4O[C@H](CO)[C@@H](O)[C@H](O)[C@H]4O)c3c3[nH]c4cccc(O)c4c23)C(=O)N1NC(CO)CO. The van der Waals surface area contributed by atoms with Gasteiger partial charge < -0.3 is 55.4 Å². The number of carbonyl (C=O) groups is 2. The number of rotatable bonds is 7. The maximum Gasteiger partial charge on any atom is 0.276 e. The summed E-state index contributed by atoms with van der Waals surface area (Å²) in [6.07, 6.45) is -8.20. The molecule has 16 heteroatoms. The van der Waals surface area contributed by atoms with Crippen LogP contribution in [0.25, 0.3) is 43.6 Å². The van der Waals surface area contributed by atoms with Crippen molar-refractivity contribution in [3.63, 3.8) is 0 Å². The number of hydrogen-bond acceptors (Lipinski definition) is 13. The lowest BCUT2D eigenvalue weighted by molar-refractivity contribution is -0.298. The number of benzene rings is 3. The molecule has 0 spiro atoms. The lowest BCUT2D eigenvalue weighted by Gasteiger charge is -2.39. The lowest BCUT2D eigenvalue weighted by atomic mass is 9.96. The predicted molar refractivity (Wildman–Crippen MR) is 154 cm³/mol. The summed E-state index contributed by atoms with van der Waals surface area (Å²) in [5.74, 6) is -2.13. The summed E-state index contributed by atoms with van der Waals surface area (Å²) < 4.78 is 6.76. The number of amides is 2. The molecule has 16 nitrogen and oxygen atoms in total. The Kier molecular flexibility index (Phi) is 6.84. The first-order valence-corrected chi connectivity index (χ1v) is 13.9. The third kappa shape index (κ3) is 4.09. The van der Waals surface area contributed by atoms with Gasteiger partial charge in [-0.2, -0.15) is 4.73 Å². The molecule has 2 aromatic heterocycles. The summed E-state index contributed by atoms with van der Waals surface area (Å²) >= 11 is 0. The second kappa shape index (κ2) is 10.5. The van der Waals surface area contributed by atoms with E-state index in [0.717, 1.165) is 0 Å². The average molecular weight is 625 g/mol. The average Bonchev–Trinajstić information content (AvgIpc) is 3.64. The van der Waals surface area contributed by atoms with E-state index in [-0.39, 0.29) is 60.7 Å². The highest BCUT2D eigenvalue weighted by Crippen LogP contribution is 2.46. The minimum Gasteiger partial charge on any atom is -0.508 e. The number of ether oxygens (including phenoxy) is 1. The van der Waals surface area contributed by atoms with Crippen LogP contribution in [-0.4, -0.2) is 124 Å². The topological polar surface area (TPSA) is 250 Å². The smallest absolute Gasteiger partial charge is 0.276 e. The van der Waals surface area contributed by atoms with Crippen molar-refractivity contribution in [1.29, 1.82) is 0 Å². The predicted octanol–water partition coefficient (Wildman–Crippen LogP) is -1.48. The summed E-state index contributed by atoms with van der Waals surface area (Å²) in [4.78, 5) is 37.3. The van der Waals surface area contributed by atoms with E-state index in [1.807, 2.05) is 0 Å². The summed E-state index contributed by atoms with van der Waals surface area (Å²) in [7, 11) is 0. The van der Waals surface area contributed by atoms with E-state index in [4.69, 9.17) is 9.57 Å². The van der Waals surface area contributed by atoms with Gasteiger partial charge in [-0.1, -0.05) is 6.07 Å². The van der Waals surface area contributed by atoms with Crippen LogP contribution >= 0.6 is 0 Å². The Morgan fingerprint density at radius 3 is 2.31 bits per heavy atom. The van der Waals surface area contributed by atoms with E-state index in [0.29, 0.717) is 10.5 Å². The standard InChI is InChI=1S/C29H28N4O12/c34-7-10(8-35)31-32-27(42)20-17-12-6-11(37)4-5-14(12)33(45-29-26(41)25(40)24(39)16(9-36)44-29)23(17)22-19(21(20)28(32)43)18-13(30-22)2-1-3-15(18)38/h1-6,10,16,24-26,29-31,34-41H,7-9H2/t16-,24-,25+,26-,29+/m1/s1. The zero-order valence-electron chi connectivity index (χ0n) is 23.2. The number of H-pyrrole nitrogens is 1. The molecule has 3 aromatic carbocycles. The maximum atomic E-state index is 14.1. The van der Waals surface area contributed by atoms with Crippen LogP contribution in [0.3, 0.4) is 0 Å². The molecule has 0 aliphatic carbocycles. The van der Waals surface area contributed by atoms with Gasteiger partial charge in [0.25, 0.3) is 18.1 Å². The molecule has 5 aromatic rings. The molecule has 0 saturated carbocycles. The van der Waals surface area contributed by atoms with Crippen molar-refractivity contribution in [3.8, 4) is 11.5 Å². The molecule has 2 aliphatic rings. The number of aliphatic hydroxyl groups excluding tert-OH is 6. The minimum atomic E-state index is -1.80. The van der Waals surface area contributed by atoms with Gasteiger partial charge in [-0.3, -0.25) is 9.59 Å². The van der Waals surface area contributed by atoms with E-state index >= 15 is 0 Å². The number of nitrogens with zero attached hydrogens (tertiary/aromatic N) is 2. The lowest BCUT2D eigenvalue weighted by Crippen LogP contribution is -2.61. The Bertz CT molecular complexity index is 2020. The number of aliphatic hydroxyl groups is 6. The molecule has 0 unspecified atom stereocenters. The van der Waals surface area contributed by atoms with E-state index in [1.165, 1.54) is 29.0 Å². The number of phenols is 2. The Hall–Kier alpha value is -4.52. The van der Waals surface area contributed by atoms with Crippen molar-refractivity contribution in [2.75, 3.05) is 19.8 Å². The molecule has 2 amide bonds. The molecule has 7 rings (SSSR count). The molecule has 5 atom stereocenters. The number of aromatic nitrogens is 2. The van der Waals surface area contributed by atoms with Gasteiger partial charge in [0, 0.05) is 16.2 Å². The molecule has 2 aliphatic heterocycles. The Morgan fingerprint density at radius 2 is 1.62 bits per heavy atom. The van der Waals surface area contributed by atoms with Crippen molar-refractivity contribution >= 4 is 55.4 Å². The molecule has 0 bridgehead atoms. The Labute approximate surface area is 251 Å². The normalized spacial score (nSPS) is 23.8. The van der Waals surface area contributed by atoms with Crippen LogP contribution in [0.4, 0.5) is 0 Å².